The van der Waals surface area contributed by atoms with Crippen LogP contribution in [0, 0.1) is 5.92 Å². The molecule has 1 aromatic carbocycles. The predicted octanol–water partition coefficient (Wildman–Crippen LogP) is 3.35. The third-order valence-electron chi connectivity index (χ3n) is 3.65. The molecule has 0 unspecified atom stereocenters. The van der Waals surface area contributed by atoms with Crippen molar-refractivity contribution in [3.63, 3.8) is 0 Å². The Labute approximate surface area is 131 Å². The normalized spacial score (nSPS) is 14.6. The van der Waals surface area contributed by atoms with E-state index in [1.54, 1.807) is 6.92 Å². The van der Waals surface area contributed by atoms with Gasteiger partial charge in [-0.25, -0.2) is 4.68 Å². The number of aromatic nitrogens is 3. The smallest absolute Gasteiger partial charge is 0.135 e. The van der Waals surface area contributed by atoms with Crippen molar-refractivity contribution in [3.05, 3.63) is 16.6 Å². The minimum absolute atomic E-state index is 0.191. The van der Waals surface area contributed by atoms with Gasteiger partial charge >= 0.3 is 0 Å². The lowest BCUT2D eigenvalue weighted by molar-refractivity contribution is -0.117. The summed E-state index contributed by atoms with van der Waals surface area (Å²) < 4.78 is 8.53. The molecule has 1 heterocycles. The molecule has 21 heavy (non-hydrogen) atoms. The van der Waals surface area contributed by atoms with Crippen LogP contribution in [0.1, 0.15) is 32.6 Å². The van der Waals surface area contributed by atoms with Crippen molar-refractivity contribution in [2.24, 2.45) is 5.92 Å². The summed E-state index contributed by atoms with van der Waals surface area (Å²) in [5.74, 6) is 1.71. The Bertz CT molecular complexity index is 664. The second-order valence-electron chi connectivity index (χ2n) is 5.61. The molecule has 1 aromatic heterocycles. The second-order valence-corrected chi connectivity index (χ2v) is 6.41. The van der Waals surface area contributed by atoms with Crippen molar-refractivity contribution in [1.82, 2.24) is 15.0 Å². The summed E-state index contributed by atoms with van der Waals surface area (Å²) in [5.41, 5.74) is 1.87. The molecular weight excluding hydrogens is 334 g/mol. The van der Waals surface area contributed by atoms with Crippen molar-refractivity contribution in [3.8, 4) is 5.75 Å². The molecule has 1 aliphatic carbocycles. The van der Waals surface area contributed by atoms with Crippen molar-refractivity contribution in [2.45, 2.75) is 39.2 Å². The monoisotopic (exact) mass is 351 g/mol. The van der Waals surface area contributed by atoms with Gasteiger partial charge in [0.05, 0.1) is 16.6 Å². The number of Topliss-reactive ketones (excluding diaryl/α,β-unsaturated/α-hetero) is 1. The Morgan fingerprint density at radius 1 is 1.48 bits per heavy atom. The van der Waals surface area contributed by atoms with E-state index in [0.717, 1.165) is 40.1 Å². The van der Waals surface area contributed by atoms with Gasteiger partial charge in [-0.1, -0.05) is 5.21 Å². The Hall–Kier alpha value is -1.43. The van der Waals surface area contributed by atoms with E-state index in [1.165, 1.54) is 12.8 Å². The number of nitrogens with zero attached hydrogens (tertiary/aromatic N) is 3. The summed E-state index contributed by atoms with van der Waals surface area (Å²) in [6, 6.07) is 3.94. The van der Waals surface area contributed by atoms with Gasteiger partial charge in [-0.3, -0.25) is 0 Å². The first-order chi connectivity index (χ1) is 10.1. The summed E-state index contributed by atoms with van der Waals surface area (Å²) in [6.45, 7) is 3.07. The highest BCUT2D eigenvalue weighted by Gasteiger charge is 2.23. The molecule has 5 nitrogen and oxygen atoms in total. The van der Waals surface area contributed by atoms with E-state index in [-0.39, 0.29) is 5.78 Å². The quantitative estimate of drug-likeness (QED) is 0.717. The summed E-state index contributed by atoms with van der Waals surface area (Å²) in [4.78, 5) is 10.9. The van der Waals surface area contributed by atoms with Gasteiger partial charge in [-0.05, 0) is 60.2 Å². The van der Waals surface area contributed by atoms with Crippen LogP contribution in [0.2, 0.25) is 0 Å². The highest BCUT2D eigenvalue weighted by Crippen LogP contribution is 2.34. The van der Waals surface area contributed by atoms with Crippen LogP contribution in [0.3, 0.4) is 0 Å². The fraction of sp³-hybridized carbons (Fsp3) is 0.533. The lowest BCUT2D eigenvalue weighted by Gasteiger charge is -2.08. The Kier molecular flexibility index (Phi) is 4.24. The summed E-state index contributed by atoms with van der Waals surface area (Å²) >= 11 is 3.55. The van der Waals surface area contributed by atoms with Gasteiger partial charge in [0.25, 0.3) is 0 Å². The van der Waals surface area contributed by atoms with Gasteiger partial charge in [0, 0.05) is 13.0 Å². The van der Waals surface area contributed by atoms with Crippen LogP contribution in [-0.4, -0.2) is 27.4 Å². The molecule has 0 amide bonds. The van der Waals surface area contributed by atoms with E-state index in [2.05, 4.69) is 26.2 Å². The predicted molar refractivity (Wildman–Crippen MR) is 83.4 cm³/mol. The number of hydrogen-bond donors (Lipinski definition) is 0. The standard InChI is InChI=1S/C15H18BrN3O2/c1-10(20)3-2-8-21-13-7-6-12-15(14(13)16)17-18-19(12)9-11-4-5-11/h6-7,11H,2-5,8-9H2,1H3. The third kappa shape index (κ3) is 3.43. The number of carbonyl (C=O) groups is 1. The molecule has 0 bridgehead atoms. The number of ketones is 1. The topological polar surface area (TPSA) is 57.0 Å². The lowest BCUT2D eigenvalue weighted by Crippen LogP contribution is -2.02. The number of halogens is 1. The molecule has 0 saturated heterocycles. The maximum absolute atomic E-state index is 10.9. The summed E-state index contributed by atoms with van der Waals surface area (Å²) in [6.07, 6.45) is 3.87. The highest BCUT2D eigenvalue weighted by atomic mass is 79.9. The molecule has 3 rings (SSSR count). The zero-order valence-corrected chi connectivity index (χ0v) is 13.6. The van der Waals surface area contributed by atoms with Gasteiger partial charge < -0.3 is 9.53 Å². The van der Waals surface area contributed by atoms with Crippen molar-refractivity contribution in [2.75, 3.05) is 6.61 Å². The molecule has 1 fully saturated rings. The zero-order chi connectivity index (χ0) is 14.8. The van der Waals surface area contributed by atoms with Crippen molar-refractivity contribution in [1.29, 1.82) is 0 Å². The van der Waals surface area contributed by atoms with Crippen LogP contribution < -0.4 is 4.74 Å². The Morgan fingerprint density at radius 3 is 3.00 bits per heavy atom. The first kappa shape index (κ1) is 14.5. The molecule has 2 aromatic rings. The van der Waals surface area contributed by atoms with Crippen LogP contribution in [-0.2, 0) is 11.3 Å². The molecule has 0 spiro atoms. The average molecular weight is 352 g/mol. The molecule has 1 saturated carbocycles. The SMILES string of the molecule is CC(=O)CCCOc1ccc2c(nnn2CC2CC2)c1Br. The first-order valence-corrected chi connectivity index (χ1v) is 8.08. The van der Waals surface area contributed by atoms with E-state index >= 15 is 0 Å². The number of ether oxygens (including phenoxy) is 1. The van der Waals surface area contributed by atoms with Crippen molar-refractivity contribution < 1.29 is 9.53 Å². The fourth-order valence-electron chi connectivity index (χ4n) is 2.28. The zero-order valence-electron chi connectivity index (χ0n) is 12.0. The number of hydrogen-bond acceptors (Lipinski definition) is 4. The van der Waals surface area contributed by atoms with E-state index < -0.39 is 0 Å². The van der Waals surface area contributed by atoms with Crippen LogP contribution in [0.4, 0.5) is 0 Å². The van der Waals surface area contributed by atoms with E-state index in [4.69, 9.17) is 4.74 Å². The minimum Gasteiger partial charge on any atom is -0.492 e. The van der Waals surface area contributed by atoms with Crippen LogP contribution in [0.15, 0.2) is 16.6 Å². The third-order valence-corrected chi connectivity index (χ3v) is 4.42. The molecule has 112 valence electrons. The van der Waals surface area contributed by atoms with E-state index in [1.807, 2.05) is 16.8 Å². The number of rotatable bonds is 7. The van der Waals surface area contributed by atoms with Crippen molar-refractivity contribution >= 4 is 32.7 Å². The maximum Gasteiger partial charge on any atom is 0.135 e. The average Bonchev–Trinajstić information content (AvgIpc) is 3.16. The van der Waals surface area contributed by atoms with Gasteiger partial charge in [-0.2, -0.15) is 0 Å². The van der Waals surface area contributed by atoms with Crippen LogP contribution in [0.5, 0.6) is 5.75 Å². The summed E-state index contributed by atoms with van der Waals surface area (Å²) in [5, 5.41) is 8.48. The first-order valence-electron chi connectivity index (χ1n) is 7.29. The fourth-order valence-corrected chi connectivity index (χ4v) is 2.81. The van der Waals surface area contributed by atoms with Gasteiger partial charge in [0.15, 0.2) is 0 Å². The molecule has 0 aliphatic heterocycles. The van der Waals surface area contributed by atoms with Gasteiger partial charge in [0.1, 0.15) is 17.0 Å². The Balaban J connectivity index is 1.72. The molecule has 0 atom stereocenters. The number of benzene rings is 1. The van der Waals surface area contributed by atoms with E-state index in [0.29, 0.717) is 13.0 Å². The van der Waals surface area contributed by atoms with Gasteiger partial charge in [0.2, 0.25) is 0 Å². The highest BCUT2D eigenvalue weighted by molar-refractivity contribution is 9.10. The molecule has 1 aliphatic rings. The second kappa shape index (κ2) is 6.13. The number of fused-ring (bicyclic) bond motifs is 1. The number of carbonyl (C=O) groups excluding carboxylic acids is 1. The van der Waals surface area contributed by atoms with Crippen LogP contribution in [0.25, 0.3) is 11.0 Å². The maximum atomic E-state index is 10.9. The summed E-state index contributed by atoms with van der Waals surface area (Å²) in [7, 11) is 0. The molecule has 6 heteroatoms. The minimum atomic E-state index is 0.191. The largest absolute Gasteiger partial charge is 0.492 e. The molecule has 0 N–H and O–H groups in total. The van der Waals surface area contributed by atoms with E-state index in [9.17, 15) is 4.79 Å². The van der Waals surface area contributed by atoms with Crippen LogP contribution >= 0.6 is 15.9 Å². The molecule has 0 radical (unpaired) electrons. The Morgan fingerprint density at radius 2 is 2.29 bits per heavy atom. The molecular formula is C15H18BrN3O2. The lowest BCUT2D eigenvalue weighted by atomic mass is 10.2. The van der Waals surface area contributed by atoms with Gasteiger partial charge in [-0.15, -0.1) is 5.10 Å².